The molecule has 0 saturated carbocycles. The number of hydrogen-bond acceptors (Lipinski definition) is 7. The molecule has 3 aromatic carbocycles. The minimum absolute atomic E-state index is 0.0246. The van der Waals surface area contributed by atoms with Gasteiger partial charge < -0.3 is 24.5 Å². The van der Waals surface area contributed by atoms with E-state index in [1.807, 2.05) is 29.2 Å². The van der Waals surface area contributed by atoms with Gasteiger partial charge in [0.15, 0.2) is 5.88 Å². The Balaban J connectivity index is 1.22. The number of H-pyrrole nitrogens is 1. The zero-order chi connectivity index (χ0) is 30.6. The van der Waals surface area contributed by atoms with E-state index < -0.39 is 5.97 Å². The predicted molar refractivity (Wildman–Crippen MR) is 169 cm³/mol. The Morgan fingerprint density at radius 2 is 1.66 bits per heavy atom. The second kappa shape index (κ2) is 12.9. The Bertz CT molecular complexity index is 1700. The van der Waals surface area contributed by atoms with E-state index in [1.165, 1.54) is 37.5 Å². The van der Waals surface area contributed by atoms with E-state index in [1.54, 1.807) is 25.3 Å². The quantitative estimate of drug-likeness (QED) is 0.207. The van der Waals surface area contributed by atoms with E-state index in [4.69, 9.17) is 14.5 Å². The molecule has 9 nitrogen and oxygen atoms in total. The second-order valence-electron chi connectivity index (χ2n) is 11.5. The number of nitrogens with one attached hydrogen (secondary N) is 1. The number of carbonyl (C=O) groups excluding carboxylic acids is 2. The third kappa shape index (κ3) is 6.19. The first-order valence-electron chi connectivity index (χ1n) is 15.2. The molecular formula is C35H38N4O5. The maximum absolute atomic E-state index is 13.0. The largest absolute Gasteiger partial charge is 0.497 e. The van der Waals surface area contributed by atoms with Crippen LogP contribution < -0.4 is 4.74 Å². The van der Waals surface area contributed by atoms with Crippen molar-refractivity contribution in [2.45, 2.75) is 38.8 Å². The van der Waals surface area contributed by atoms with Gasteiger partial charge in [-0.15, -0.1) is 0 Å². The molecule has 2 aliphatic heterocycles. The van der Waals surface area contributed by atoms with E-state index >= 15 is 0 Å². The number of aromatic nitrogens is 1. The average molecular weight is 595 g/mol. The molecule has 0 spiro atoms. The number of aromatic hydroxyl groups is 1. The molecule has 44 heavy (non-hydrogen) atoms. The number of aliphatic imine (C=N–C) groups is 1. The van der Waals surface area contributed by atoms with Crippen LogP contribution in [-0.2, 0) is 29.0 Å². The van der Waals surface area contributed by atoms with Gasteiger partial charge in [0.05, 0.1) is 37.6 Å². The number of esters is 1. The fraction of sp³-hybridized carbons (Fsp3) is 0.343. The normalized spacial score (nSPS) is 15.4. The maximum Gasteiger partial charge on any atom is 0.337 e. The van der Waals surface area contributed by atoms with Gasteiger partial charge in [0.1, 0.15) is 5.75 Å². The van der Waals surface area contributed by atoms with Crippen LogP contribution in [0.1, 0.15) is 57.4 Å². The summed E-state index contributed by atoms with van der Waals surface area (Å²) in [5.41, 5.74) is 6.59. The van der Waals surface area contributed by atoms with Crippen LogP contribution in [0.15, 0.2) is 65.7 Å². The summed E-state index contributed by atoms with van der Waals surface area (Å²) in [6.07, 6.45) is 4.31. The van der Waals surface area contributed by atoms with Crippen LogP contribution in [0.3, 0.4) is 0 Å². The fourth-order valence-electron chi connectivity index (χ4n) is 6.22. The Morgan fingerprint density at radius 1 is 0.909 bits per heavy atom. The Labute approximate surface area is 257 Å². The molecule has 6 rings (SSSR count). The van der Waals surface area contributed by atoms with Gasteiger partial charge in [-0.05, 0) is 85.4 Å². The molecule has 3 heterocycles. The highest BCUT2D eigenvalue weighted by atomic mass is 16.5. The summed E-state index contributed by atoms with van der Waals surface area (Å²) in [5, 5.41) is 11.8. The number of likely N-dealkylation sites (tertiary alicyclic amines) is 1. The molecule has 9 heteroatoms. The number of amides is 1. The van der Waals surface area contributed by atoms with Crippen LogP contribution in [-0.4, -0.2) is 77.9 Å². The van der Waals surface area contributed by atoms with Gasteiger partial charge in [-0.1, -0.05) is 30.7 Å². The molecule has 1 fully saturated rings. The molecule has 0 aliphatic carbocycles. The Morgan fingerprint density at radius 3 is 2.41 bits per heavy atom. The van der Waals surface area contributed by atoms with Crippen molar-refractivity contribution in [1.29, 1.82) is 0 Å². The number of hydrogen-bond donors (Lipinski definition) is 2. The molecule has 1 amide bonds. The molecule has 2 aliphatic rings. The molecule has 228 valence electrons. The predicted octanol–water partition coefficient (Wildman–Crippen LogP) is 5.08. The smallest absolute Gasteiger partial charge is 0.337 e. The van der Waals surface area contributed by atoms with Gasteiger partial charge in [0.25, 0.3) is 0 Å². The molecule has 1 saturated heterocycles. The molecule has 1 aromatic heterocycles. The third-order valence-corrected chi connectivity index (χ3v) is 8.62. The summed E-state index contributed by atoms with van der Waals surface area (Å²) in [7, 11) is 2.96. The van der Waals surface area contributed by atoms with Gasteiger partial charge in [-0.3, -0.25) is 14.7 Å². The average Bonchev–Trinajstić information content (AvgIpc) is 3.63. The van der Waals surface area contributed by atoms with Gasteiger partial charge in [0, 0.05) is 36.1 Å². The van der Waals surface area contributed by atoms with Gasteiger partial charge >= 0.3 is 5.97 Å². The summed E-state index contributed by atoms with van der Waals surface area (Å²) in [6.45, 7) is 4.34. The zero-order valence-corrected chi connectivity index (χ0v) is 25.3. The minimum atomic E-state index is -0.449. The van der Waals surface area contributed by atoms with Crippen LogP contribution in [0.4, 0.5) is 0 Å². The number of benzene rings is 3. The van der Waals surface area contributed by atoms with Crippen LogP contribution in [0.2, 0.25) is 0 Å². The zero-order valence-electron chi connectivity index (χ0n) is 25.3. The third-order valence-electron chi connectivity index (χ3n) is 8.62. The van der Waals surface area contributed by atoms with Crippen LogP contribution in [0, 0.1) is 0 Å². The topological polar surface area (TPSA) is 107 Å². The van der Waals surface area contributed by atoms with Crippen LogP contribution in [0.5, 0.6) is 11.6 Å². The van der Waals surface area contributed by atoms with Crippen LogP contribution in [0.25, 0.3) is 10.9 Å². The summed E-state index contributed by atoms with van der Waals surface area (Å²) < 4.78 is 10.2. The summed E-state index contributed by atoms with van der Waals surface area (Å²) >= 11 is 0. The van der Waals surface area contributed by atoms with Gasteiger partial charge in [-0.25, -0.2) is 4.79 Å². The Kier molecular flexibility index (Phi) is 8.65. The lowest BCUT2D eigenvalue weighted by molar-refractivity contribution is -0.133. The van der Waals surface area contributed by atoms with Crippen molar-refractivity contribution in [1.82, 2.24) is 14.8 Å². The number of fused-ring (bicyclic) bond motifs is 2. The number of methoxy groups -OCH3 is 2. The molecule has 0 atom stereocenters. The van der Waals surface area contributed by atoms with Crippen molar-refractivity contribution in [3.05, 3.63) is 94.0 Å². The summed E-state index contributed by atoms with van der Waals surface area (Å²) in [4.78, 5) is 37.3. The van der Waals surface area contributed by atoms with Crippen molar-refractivity contribution < 1.29 is 24.2 Å². The Hall–Kier alpha value is -4.63. The second-order valence-corrected chi connectivity index (χ2v) is 11.5. The highest BCUT2D eigenvalue weighted by Crippen LogP contribution is 2.32. The first-order valence-corrected chi connectivity index (χ1v) is 15.2. The van der Waals surface area contributed by atoms with E-state index in [2.05, 4.69) is 28.1 Å². The van der Waals surface area contributed by atoms with E-state index in [0.29, 0.717) is 55.0 Å². The number of piperidine rings is 1. The summed E-state index contributed by atoms with van der Waals surface area (Å²) in [6, 6.07) is 19.2. The van der Waals surface area contributed by atoms with Crippen molar-refractivity contribution in [3.8, 4) is 11.6 Å². The van der Waals surface area contributed by atoms with Crippen molar-refractivity contribution in [3.63, 3.8) is 0 Å². The lowest BCUT2D eigenvalue weighted by atomic mass is 9.99. The monoisotopic (exact) mass is 594 g/mol. The maximum atomic E-state index is 13.0. The number of carbonyl (C=O) groups is 2. The molecule has 4 aromatic rings. The van der Waals surface area contributed by atoms with Crippen molar-refractivity contribution in [2.75, 3.05) is 40.4 Å². The number of aromatic amines is 1. The van der Waals surface area contributed by atoms with Crippen LogP contribution >= 0.6 is 0 Å². The lowest BCUT2D eigenvalue weighted by Crippen LogP contribution is -2.40. The van der Waals surface area contributed by atoms with Crippen molar-refractivity contribution in [2.24, 2.45) is 4.99 Å². The van der Waals surface area contributed by atoms with E-state index in [9.17, 15) is 14.7 Å². The minimum Gasteiger partial charge on any atom is -0.497 e. The number of rotatable bonds is 9. The summed E-state index contributed by atoms with van der Waals surface area (Å²) in [5.74, 6) is 0.454. The van der Waals surface area contributed by atoms with E-state index in [-0.39, 0.29) is 11.8 Å². The molecule has 0 radical (unpaired) electrons. The van der Waals surface area contributed by atoms with Crippen molar-refractivity contribution >= 4 is 28.5 Å². The number of nitrogens with zero attached hydrogens (tertiary/aromatic N) is 3. The molecule has 0 bridgehead atoms. The van der Waals surface area contributed by atoms with Gasteiger partial charge in [-0.2, -0.15) is 0 Å². The first kappa shape index (κ1) is 29.4. The van der Waals surface area contributed by atoms with E-state index in [0.717, 1.165) is 35.4 Å². The highest BCUT2D eigenvalue weighted by Gasteiger charge is 2.25. The standard InChI is InChI=1S/C35H38N4O5/c1-43-28-11-8-24(9-12-28)33(32-29-13-10-25(35(42)44-2)19-30(29)37-34(32)41)36-15-14-23-6-7-26-20-39(21-27(26)18-23)31(40)22-38-16-4-3-5-17-38/h6-13,18-19,37,41H,3-5,14-17,20-22H2,1-2H3. The SMILES string of the molecule is COC(=O)c1ccc2c(C(=NCCc3ccc4c(c3)CN(C(=O)CN3CCCCC3)C4)c3ccc(OC)cc3)c(O)[nH]c2c1. The molecular weight excluding hydrogens is 556 g/mol. The molecule has 2 N–H and O–H groups in total. The fourth-order valence-corrected chi connectivity index (χ4v) is 6.22. The van der Waals surface area contributed by atoms with Gasteiger partial charge in [0.2, 0.25) is 5.91 Å². The lowest BCUT2D eigenvalue weighted by Gasteiger charge is -2.27. The first-order chi connectivity index (χ1) is 21.4. The number of ether oxygens (including phenoxy) is 2. The molecule has 0 unspecified atom stereocenters. The highest BCUT2D eigenvalue weighted by molar-refractivity contribution is 6.21.